The van der Waals surface area contributed by atoms with E-state index in [1.807, 2.05) is 0 Å². The number of carbonyl (C=O) groups is 2. The number of furan rings is 1. The van der Waals surface area contributed by atoms with Gasteiger partial charge in [-0.25, -0.2) is 5.43 Å². The zero-order chi connectivity index (χ0) is 17.5. The largest absolute Gasteiger partial charge is 0.495 e. The molecule has 0 unspecified atom stereocenters. The number of benzene rings is 1. The molecule has 1 aromatic heterocycles. The average molecular weight is 350 g/mol. The number of amides is 2. The van der Waals surface area contributed by atoms with Crippen LogP contribution in [-0.4, -0.2) is 24.6 Å². The first-order chi connectivity index (χ1) is 11.5. The van der Waals surface area contributed by atoms with E-state index >= 15 is 0 Å². The summed E-state index contributed by atoms with van der Waals surface area (Å²) in [5.74, 6) is -0.108. The molecule has 2 aromatic rings. The Morgan fingerprint density at radius 3 is 2.75 bits per heavy atom. The zero-order valence-corrected chi connectivity index (χ0v) is 13.9. The molecule has 0 saturated heterocycles. The van der Waals surface area contributed by atoms with Crippen LogP contribution < -0.4 is 15.5 Å². The Bertz CT molecular complexity index is 757. The number of hydrogen-bond donors (Lipinski definition) is 2. The number of nitrogens with zero attached hydrogens (tertiary/aromatic N) is 1. The lowest BCUT2D eigenvalue weighted by molar-refractivity contribution is -0.115. The predicted molar refractivity (Wildman–Crippen MR) is 90.5 cm³/mol. The number of carbonyl (C=O) groups excluding carboxylic acids is 2. The SMILES string of the molecule is COc1ccc(NC(=O)C/C(C)=N/NC(=O)c2ccco2)cc1Cl. The lowest BCUT2D eigenvalue weighted by Gasteiger charge is -2.08. The highest BCUT2D eigenvalue weighted by atomic mass is 35.5. The summed E-state index contributed by atoms with van der Waals surface area (Å²) in [6.07, 6.45) is 1.40. The maximum absolute atomic E-state index is 12.0. The van der Waals surface area contributed by atoms with E-state index < -0.39 is 5.91 Å². The smallest absolute Gasteiger partial charge is 0.307 e. The Morgan fingerprint density at radius 2 is 2.12 bits per heavy atom. The van der Waals surface area contributed by atoms with E-state index in [4.69, 9.17) is 20.8 Å². The lowest BCUT2D eigenvalue weighted by atomic mass is 10.2. The van der Waals surface area contributed by atoms with E-state index in [-0.39, 0.29) is 18.1 Å². The standard InChI is InChI=1S/C16H16ClN3O4/c1-10(19-20-16(22)14-4-3-7-24-14)8-15(21)18-11-5-6-13(23-2)12(17)9-11/h3-7,9H,8H2,1-2H3,(H,18,21)(H,20,22)/b19-10+. The first kappa shape index (κ1) is 17.6. The lowest BCUT2D eigenvalue weighted by Crippen LogP contribution is -2.21. The van der Waals surface area contributed by atoms with E-state index in [2.05, 4.69) is 15.8 Å². The molecule has 7 nitrogen and oxygen atoms in total. The minimum Gasteiger partial charge on any atom is -0.495 e. The molecule has 1 heterocycles. The summed E-state index contributed by atoms with van der Waals surface area (Å²) in [5.41, 5.74) is 3.29. The van der Waals surface area contributed by atoms with Gasteiger partial charge in [-0.15, -0.1) is 0 Å². The van der Waals surface area contributed by atoms with Crippen LogP contribution in [0.4, 0.5) is 5.69 Å². The molecule has 0 aliphatic carbocycles. The van der Waals surface area contributed by atoms with Crippen LogP contribution in [-0.2, 0) is 4.79 Å². The molecule has 0 bridgehead atoms. The average Bonchev–Trinajstić information content (AvgIpc) is 3.07. The molecule has 0 saturated carbocycles. The molecule has 0 spiro atoms. The van der Waals surface area contributed by atoms with E-state index in [0.29, 0.717) is 22.2 Å². The van der Waals surface area contributed by atoms with Crippen LogP contribution in [0.3, 0.4) is 0 Å². The Kier molecular flexibility index (Phi) is 5.97. The van der Waals surface area contributed by atoms with Crippen molar-refractivity contribution in [3.63, 3.8) is 0 Å². The van der Waals surface area contributed by atoms with Gasteiger partial charge in [-0.2, -0.15) is 5.10 Å². The number of hydrazone groups is 1. The molecule has 0 fully saturated rings. The van der Waals surface area contributed by atoms with Gasteiger partial charge in [-0.05, 0) is 37.3 Å². The molecular weight excluding hydrogens is 334 g/mol. The van der Waals surface area contributed by atoms with Crippen molar-refractivity contribution in [2.45, 2.75) is 13.3 Å². The van der Waals surface area contributed by atoms with Crippen LogP contribution in [0.25, 0.3) is 0 Å². The third-order valence-corrected chi connectivity index (χ3v) is 3.24. The fourth-order valence-corrected chi connectivity index (χ4v) is 2.09. The number of hydrogen-bond acceptors (Lipinski definition) is 5. The van der Waals surface area contributed by atoms with Gasteiger partial charge in [-0.3, -0.25) is 9.59 Å². The normalized spacial score (nSPS) is 11.0. The van der Waals surface area contributed by atoms with E-state index in [0.717, 1.165) is 0 Å². The van der Waals surface area contributed by atoms with Crippen molar-refractivity contribution in [2.75, 3.05) is 12.4 Å². The first-order valence-corrected chi connectivity index (χ1v) is 7.38. The van der Waals surface area contributed by atoms with Crippen molar-refractivity contribution in [3.05, 3.63) is 47.4 Å². The van der Waals surface area contributed by atoms with Gasteiger partial charge >= 0.3 is 5.91 Å². The molecule has 2 rings (SSSR count). The first-order valence-electron chi connectivity index (χ1n) is 7.00. The second kappa shape index (κ2) is 8.16. The summed E-state index contributed by atoms with van der Waals surface area (Å²) in [7, 11) is 1.51. The second-order valence-corrected chi connectivity index (χ2v) is 5.25. The molecule has 0 atom stereocenters. The Morgan fingerprint density at radius 1 is 1.33 bits per heavy atom. The maximum Gasteiger partial charge on any atom is 0.307 e. The van der Waals surface area contributed by atoms with Gasteiger partial charge in [0.05, 0.1) is 24.8 Å². The molecule has 24 heavy (non-hydrogen) atoms. The molecule has 0 aliphatic rings. The van der Waals surface area contributed by atoms with E-state index in [1.165, 1.54) is 19.4 Å². The van der Waals surface area contributed by atoms with Gasteiger partial charge < -0.3 is 14.5 Å². The van der Waals surface area contributed by atoms with Crippen LogP contribution in [0.1, 0.15) is 23.9 Å². The molecule has 0 radical (unpaired) electrons. The molecule has 2 amide bonds. The van der Waals surface area contributed by atoms with Crippen molar-refractivity contribution in [1.29, 1.82) is 0 Å². The minimum absolute atomic E-state index is 0.0160. The van der Waals surface area contributed by atoms with Crippen molar-refractivity contribution in [3.8, 4) is 5.75 Å². The monoisotopic (exact) mass is 349 g/mol. The predicted octanol–water partition coefficient (Wildman–Crippen LogP) is 3.08. The number of methoxy groups -OCH3 is 1. The Balaban J connectivity index is 1.88. The number of ether oxygens (including phenoxy) is 1. The minimum atomic E-state index is -0.485. The van der Waals surface area contributed by atoms with Crippen LogP contribution >= 0.6 is 11.6 Å². The van der Waals surface area contributed by atoms with Crippen LogP contribution in [0, 0.1) is 0 Å². The number of anilines is 1. The molecule has 2 N–H and O–H groups in total. The summed E-state index contributed by atoms with van der Waals surface area (Å²) < 4.78 is 9.98. The van der Waals surface area contributed by atoms with Gasteiger partial charge in [0, 0.05) is 11.4 Å². The van der Waals surface area contributed by atoms with Crippen LogP contribution in [0.5, 0.6) is 5.75 Å². The third kappa shape index (κ3) is 4.85. The summed E-state index contributed by atoms with van der Waals surface area (Å²) in [6, 6.07) is 8.03. The highest BCUT2D eigenvalue weighted by Gasteiger charge is 2.09. The van der Waals surface area contributed by atoms with E-state index in [1.54, 1.807) is 31.2 Å². The van der Waals surface area contributed by atoms with E-state index in [9.17, 15) is 9.59 Å². The Labute approximate surface area is 143 Å². The fraction of sp³-hybridized carbons (Fsp3) is 0.188. The number of nitrogens with one attached hydrogen (secondary N) is 2. The molecule has 1 aromatic carbocycles. The van der Waals surface area contributed by atoms with Gasteiger partial charge in [0.25, 0.3) is 0 Å². The summed E-state index contributed by atoms with van der Waals surface area (Å²) in [4.78, 5) is 23.6. The summed E-state index contributed by atoms with van der Waals surface area (Å²) >= 11 is 6.00. The maximum atomic E-state index is 12.0. The summed E-state index contributed by atoms with van der Waals surface area (Å²) in [6.45, 7) is 1.63. The summed E-state index contributed by atoms with van der Waals surface area (Å²) in [5, 5.41) is 6.94. The molecule has 8 heteroatoms. The van der Waals surface area contributed by atoms with Gasteiger partial charge in [0.1, 0.15) is 5.75 Å². The highest BCUT2D eigenvalue weighted by Crippen LogP contribution is 2.27. The topological polar surface area (TPSA) is 92.9 Å². The fourth-order valence-electron chi connectivity index (χ4n) is 1.83. The van der Waals surface area contributed by atoms with Gasteiger partial charge in [0.15, 0.2) is 5.76 Å². The van der Waals surface area contributed by atoms with Crippen molar-refractivity contribution < 1.29 is 18.7 Å². The molecular formula is C16H16ClN3O4. The van der Waals surface area contributed by atoms with Gasteiger partial charge in [-0.1, -0.05) is 11.6 Å². The van der Waals surface area contributed by atoms with Crippen LogP contribution in [0.15, 0.2) is 46.1 Å². The quantitative estimate of drug-likeness (QED) is 0.619. The number of halogens is 1. The third-order valence-electron chi connectivity index (χ3n) is 2.95. The Hall–Kier alpha value is -2.80. The molecule has 0 aliphatic heterocycles. The zero-order valence-electron chi connectivity index (χ0n) is 13.1. The highest BCUT2D eigenvalue weighted by molar-refractivity contribution is 6.32. The van der Waals surface area contributed by atoms with Crippen molar-refractivity contribution in [2.24, 2.45) is 5.10 Å². The van der Waals surface area contributed by atoms with Crippen LogP contribution in [0.2, 0.25) is 5.02 Å². The van der Waals surface area contributed by atoms with Crippen molar-refractivity contribution >= 4 is 34.8 Å². The number of rotatable bonds is 6. The second-order valence-electron chi connectivity index (χ2n) is 4.84. The molecule has 126 valence electrons. The van der Waals surface area contributed by atoms with Gasteiger partial charge in [0.2, 0.25) is 5.91 Å². The van der Waals surface area contributed by atoms with Crippen molar-refractivity contribution in [1.82, 2.24) is 5.43 Å².